The lowest BCUT2D eigenvalue weighted by Crippen LogP contribution is -2.39. The average molecular weight is 276 g/mol. The molecule has 0 aromatic heterocycles. The summed E-state index contributed by atoms with van der Waals surface area (Å²) in [6, 6.07) is 4.57. The molecule has 1 amide bonds. The summed E-state index contributed by atoms with van der Waals surface area (Å²) in [7, 11) is 0. The molecule has 5 heteroatoms. The van der Waals surface area contributed by atoms with Gasteiger partial charge < -0.3 is 15.3 Å². The largest absolute Gasteiger partial charge is 0.478 e. The third-order valence-corrected chi connectivity index (χ3v) is 3.63. The molecule has 1 aromatic carbocycles. The Morgan fingerprint density at radius 3 is 2.50 bits per heavy atom. The Bertz CT molecular complexity index is 522. The zero-order valence-corrected chi connectivity index (χ0v) is 11.8. The van der Waals surface area contributed by atoms with Crippen LogP contribution in [-0.2, 0) is 4.79 Å². The predicted octanol–water partition coefficient (Wildman–Crippen LogP) is 2.12. The van der Waals surface area contributed by atoms with Gasteiger partial charge in [-0.3, -0.25) is 4.79 Å². The van der Waals surface area contributed by atoms with Gasteiger partial charge in [0.2, 0.25) is 5.91 Å². The zero-order valence-electron chi connectivity index (χ0n) is 11.8. The number of nitrogens with one attached hydrogen (secondary N) is 1. The van der Waals surface area contributed by atoms with Crippen LogP contribution in [0, 0.1) is 6.92 Å². The van der Waals surface area contributed by atoms with Gasteiger partial charge in [-0.25, -0.2) is 4.79 Å². The van der Waals surface area contributed by atoms with Crippen molar-refractivity contribution >= 4 is 17.6 Å². The van der Waals surface area contributed by atoms with Crippen molar-refractivity contribution < 1.29 is 14.7 Å². The minimum absolute atomic E-state index is 0.101. The number of nitrogens with zero attached hydrogens (tertiary/aromatic N) is 1. The van der Waals surface area contributed by atoms with Crippen molar-refractivity contribution in [3.05, 3.63) is 29.3 Å². The minimum atomic E-state index is -0.944. The molecule has 1 aliphatic rings. The van der Waals surface area contributed by atoms with Gasteiger partial charge in [0.05, 0.1) is 5.56 Å². The fourth-order valence-electron chi connectivity index (χ4n) is 2.47. The fraction of sp³-hybridized carbons (Fsp3) is 0.467. The van der Waals surface area contributed by atoms with Crippen molar-refractivity contribution in [2.24, 2.45) is 0 Å². The van der Waals surface area contributed by atoms with Crippen LogP contribution >= 0.6 is 0 Å². The van der Waals surface area contributed by atoms with Crippen LogP contribution in [-0.4, -0.2) is 41.0 Å². The van der Waals surface area contributed by atoms with E-state index in [0.29, 0.717) is 0 Å². The van der Waals surface area contributed by atoms with Crippen LogP contribution in [0.25, 0.3) is 0 Å². The monoisotopic (exact) mass is 276 g/mol. The van der Waals surface area contributed by atoms with E-state index in [1.165, 1.54) is 0 Å². The van der Waals surface area contributed by atoms with Crippen molar-refractivity contribution in [2.75, 3.05) is 18.4 Å². The molecule has 2 rings (SSSR count). The Kier molecular flexibility index (Phi) is 4.27. The highest BCUT2D eigenvalue weighted by atomic mass is 16.4. The van der Waals surface area contributed by atoms with Crippen LogP contribution in [0.2, 0.25) is 0 Å². The molecule has 1 aromatic rings. The van der Waals surface area contributed by atoms with Crippen molar-refractivity contribution in [1.29, 1.82) is 0 Å². The molecule has 1 atom stereocenters. The van der Waals surface area contributed by atoms with Gasteiger partial charge in [-0.15, -0.1) is 0 Å². The first-order chi connectivity index (χ1) is 9.49. The predicted molar refractivity (Wildman–Crippen MR) is 77.0 cm³/mol. The van der Waals surface area contributed by atoms with Crippen LogP contribution < -0.4 is 5.32 Å². The summed E-state index contributed by atoms with van der Waals surface area (Å²) in [5.74, 6) is -0.843. The molecule has 5 nitrogen and oxygen atoms in total. The lowest BCUT2D eigenvalue weighted by Gasteiger charge is -2.22. The topological polar surface area (TPSA) is 69.6 Å². The Hall–Kier alpha value is -2.04. The number of hydrogen-bond donors (Lipinski definition) is 2. The number of aryl methyl sites for hydroxylation is 1. The number of carboxylic acid groups (broad SMARTS) is 1. The Morgan fingerprint density at radius 1 is 1.30 bits per heavy atom. The summed E-state index contributed by atoms with van der Waals surface area (Å²) >= 11 is 0. The summed E-state index contributed by atoms with van der Waals surface area (Å²) in [6.07, 6.45) is 2.15. The lowest BCUT2D eigenvalue weighted by molar-refractivity contribution is -0.130. The maximum Gasteiger partial charge on any atom is 0.335 e. The van der Waals surface area contributed by atoms with Crippen molar-refractivity contribution in [3.63, 3.8) is 0 Å². The Labute approximate surface area is 118 Å². The van der Waals surface area contributed by atoms with Gasteiger partial charge in [0.1, 0.15) is 6.04 Å². The van der Waals surface area contributed by atoms with Gasteiger partial charge in [-0.1, -0.05) is 0 Å². The molecular formula is C15H20N2O3. The van der Waals surface area contributed by atoms with E-state index in [-0.39, 0.29) is 17.5 Å². The second-order valence-corrected chi connectivity index (χ2v) is 5.23. The van der Waals surface area contributed by atoms with E-state index in [9.17, 15) is 9.59 Å². The SMILES string of the molecule is Cc1cc(C(=O)O)ccc1NC(C)C(=O)N1CCCC1. The average Bonchev–Trinajstić information content (AvgIpc) is 2.93. The number of amides is 1. The third-order valence-electron chi connectivity index (χ3n) is 3.63. The molecule has 0 spiro atoms. The van der Waals surface area contributed by atoms with Gasteiger partial charge in [-0.2, -0.15) is 0 Å². The first-order valence-corrected chi connectivity index (χ1v) is 6.88. The number of carboxylic acids is 1. The smallest absolute Gasteiger partial charge is 0.335 e. The number of aromatic carboxylic acids is 1. The van der Waals surface area contributed by atoms with Crippen LogP contribution in [0.4, 0.5) is 5.69 Å². The lowest BCUT2D eigenvalue weighted by atomic mass is 10.1. The molecule has 1 heterocycles. The molecule has 2 N–H and O–H groups in total. The quantitative estimate of drug-likeness (QED) is 0.883. The number of rotatable bonds is 4. The summed E-state index contributed by atoms with van der Waals surface area (Å²) in [6.45, 7) is 5.34. The van der Waals surface area contributed by atoms with Crippen LogP contribution in [0.15, 0.2) is 18.2 Å². The minimum Gasteiger partial charge on any atom is -0.478 e. The first kappa shape index (κ1) is 14.4. The van der Waals surface area contributed by atoms with E-state index in [2.05, 4.69) is 5.32 Å². The maximum atomic E-state index is 12.2. The molecule has 1 saturated heterocycles. The zero-order chi connectivity index (χ0) is 14.7. The molecule has 0 radical (unpaired) electrons. The van der Waals surface area contributed by atoms with Crippen LogP contribution in [0.5, 0.6) is 0 Å². The standard InChI is InChI=1S/C15H20N2O3/c1-10-9-12(15(19)20)5-6-13(10)16-11(2)14(18)17-7-3-4-8-17/h5-6,9,11,16H,3-4,7-8H2,1-2H3,(H,19,20). The van der Waals surface area contributed by atoms with Crippen molar-refractivity contribution in [2.45, 2.75) is 32.7 Å². The normalized spacial score (nSPS) is 16.0. The first-order valence-electron chi connectivity index (χ1n) is 6.88. The van der Waals surface area contributed by atoms with Gasteiger partial charge in [0.25, 0.3) is 0 Å². The summed E-state index contributed by atoms with van der Waals surface area (Å²) < 4.78 is 0. The number of carbonyl (C=O) groups excluding carboxylic acids is 1. The number of anilines is 1. The van der Waals surface area contributed by atoms with Crippen molar-refractivity contribution in [3.8, 4) is 0 Å². The molecule has 1 aliphatic heterocycles. The second-order valence-electron chi connectivity index (χ2n) is 5.23. The molecule has 108 valence electrons. The number of carbonyl (C=O) groups is 2. The van der Waals surface area contributed by atoms with Crippen LogP contribution in [0.1, 0.15) is 35.7 Å². The molecule has 0 bridgehead atoms. The number of benzene rings is 1. The fourth-order valence-corrected chi connectivity index (χ4v) is 2.47. The second kappa shape index (κ2) is 5.94. The van der Waals surface area contributed by atoms with Gasteiger partial charge >= 0.3 is 5.97 Å². The molecular weight excluding hydrogens is 256 g/mol. The summed E-state index contributed by atoms with van der Waals surface area (Å²) in [5, 5.41) is 12.1. The molecule has 1 unspecified atom stereocenters. The number of hydrogen-bond acceptors (Lipinski definition) is 3. The number of likely N-dealkylation sites (tertiary alicyclic amines) is 1. The van der Waals surface area contributed by atoms with Crippen LogP contribution in [0.3, 0.4) is 0 Å². The van der Waals surface area contributed by atoms with E-state index >= 15 is 0 Å². The van der Waals surface area contributed by atoms with E-state index in [1.807, 2.05) is 18.7 Å². The van der Waals surface area contributed by atoms with Gasteiger partial charge in [0, 0.05) is 18.8 Å². The van der Waals surface area contributed by atoms with Gasteiger partial charge in [0.15, 0.2) is 0 Å². The third kappa shape index (κ3) is 3.10. The molecule has 1 fully saturated rings. The van der Waals surface area contributed by atoms with E-state index in [4.69, 9.17) is 5.11 Å². The maximum absolute atomic E-state index is 12.2. The highest BCUT2D eigenvalue weighted by molar-refractivity contribution is 5.89. The Balaban J connectivity index is 2.05. The molecule has 0 saturated carbocycles. The highest BCUT2D eigenvalue weighted by Crippen LogP contribution is 2.19. The summed E-state index contributed by atoms with van der Waals surface area (Å²) in [5.41, 5.74) is 1.88. The molecule has 0 aliphatic carbocycles. The van der Waals surface area contributed by atoms with E-state index < -0.39 is 5.97 Å². The van der Waals surface area contributed by atoms with Crippen molar-refractivity contribution in [1.82, 2.24) is 4.90 Å². The van der Waals surface area contributed by atoms with E-state index in [1.54, 1.807) is 18.2 Å². The van der Waals surface area contributed by atoms with E-state index in [0.717, 1.165) is 37.2 Å². The summed E-state index contributed by atoms with van der Waals surface area (Å²) in [4.78, 5) is 25.0. The van der Waals surface area contributed by atoms with Gasteiger partial charge in [-0.05, 0) is 50.5 Å². The Morgan fingerprint density at radius 2 is 1.95 bits per heavy atom. The molecule has 20 heavy (non-hydrogen) atoms. The highest BCUT2D eigenvalue weighted by Gasteiger charge is 2.23.